The predicted octanol–water partition coefficient (Wildman–Crippen LogP) is 5.09. The number of aryl methyl sites for hydroxylation is 1. The highest BCUT2D eigenvalue weighted by atomic mass is 19.1. The van der Waals surface area contributed by atoms with E-state index < -0.39 is 0 Å². The van der Waals surface area contributed by atoms with E-state index in [0.717, 1.165) is 53.0 Å². The van der Waals surface area contributed by atoms with Crippen molar-refractivity contribution in [3.63, 3.8) is 0 Å². The smallest absolute Gasteiger partial charge is 0.253 e. The van der Waals surface area contributed by atoms with Gasteiger partial charge in [0.2, 0.25) is 0 Å². The Hall–Kier alpha value is -3.38. The van der Waals surface area contributed by atoms with E-state index in [-0.39, 0.29) is 17.4 Å². The highest BCUT2D eigenvalue weighted by molar-refractivity contribution is 5.65. The minimum Gasteiger partial charge on any atom is -0.296 e. The zero-order valence-electron chi connectivity index (χ0n) is 20.5. The molecule has 0 fully saturated rings. The molecule has 0 N–H and O–H groups in total. The summed E-state index contributed by atoms with van der Waals surface area (Å²) in [5.74, 6) is 0.479. The van der Waals surface area contributed by atoms with Gasteiger partial charge < -0.3 is 0 Å². The average molecular weight is 459 g/mol. The van der Waals surface area contributed by atoms with E-state index >= 15 is 0 Å². The Kier molecular flexibility index (Phi) is 6.89. The van der Waals surface area contributed by atoms with E-state index in [9.17, 15) is 9.18 Å². The van der Waals surface area contributed by atoms with Crippen LogP contribution in [0.5, 0.6) is 0 Å². The van der Waals surface area contributed by atoms with Crippen molar-refractivity contribution in [1.82, 2.24) is 19.4 Å². The number of pyridine rings is 1. The van der Waals surface area contributed by atoms with E-state index in [0.29, 0.717) is 11.4 Å². The Morgan fingerprint density at radius 1 is 1.15 bits per heavy atom. The number of hydrogen-bond acceptors (Lipinski definition) is 4. The van der Waals surface area contributed by atoms with Crippen LogP contribution in [-0.4, -0.2) is 32.0 Å². The molecule has 1 atom stereocenters. The molecule has 3 aromatic rings. The van der Waals surface area contributed by atoms with Crippen LogP contribution in [0, 0.1) is 12.7 Å². The monoisotopic (exact) mass is 458 g/mol. The number of nitrogens with zero attached hydrogens (tertiary/aromatic N) is 4. The topological polar surface area (TPSA) is 51.0 Å². The van der Waals surface area contributed by atoms with Crippen molar-refractivity contribution in [3.05, 3.63) is 99.3 Å². The molecule has 5 nitrogen and oxygen atoms in total. The van der Waals surface area contributed by atoms with Crippen molar-refractivity contribution in [2.24, 2.45) is 7.05 Å². The van der Waals surface area contributed by atoms with Crippen LogP contribution in [0.1, 0.15) is 43.4 Å². The first-order valence-corrected chi connectivity index (χ1v) is 11.6. The second kappa shape index (κ2) is 9.85. The van der Waals surface area contributed by atoms with Crippen molar-refractivity contribution >= 4 is 5.57 Å². The molecule has 1 aliphatic rings. The van der Waals surface area contributed by atoms with Gasteiger partial charge in [-0.15, -0.1) is 0 Å². The maximum absolute atomic E-state index is 14.1. The quantitative estimate of drug-likeness (QED) is 0.500. The lowest BCUT2D eigenvalue weighted by Crippen LogP contribution is -2.39. The van der Waals surface area contributed by atoms with Crippen molar-refractivity contribution in [3.8, 4) is 11.1 Å². The molecule has 0 bridgehead atoms. The minimum absolute atomic E-state index is 0.0655. The molecule has 0 amide bonds. The molecule has 0 aliphatic carbocycles. The lowest BCUT2D eigenvalue weighted by Gasteiger charge is -2.35. The van der Waals surface area contributed by atoms with Gasteiger partial charge in [0.25, 0.3) is 5.56 Å². The number of aromatic nitrogens is 3. The molecular formula is C28H31FN4O. The summed E-state index contributed by atoms with van der Waals surface area (Å²) in [6.45, 7) is 9.54. The number of rotatable bonds is 5. The fourth-order valence-electron chi connectivity index (χ4n) is 4.56. The molecule has 4 rings (SSSR count). The summed E-state index contributed by atoms with van der Waals surface area (Å²) < 4.78 is 15.7. The van der Waals surface area contributed by atoms with Crippen LogP contribution < -0.4 is 5.56 Å². The highest BCUT2D eigenvalue weighted by Crippen LogP contribution is 2.29. The molecule has 6 heteroatoms. The summed E-state index contributed by atoms with van der Waals surface area (Å²) in [5.41, 5.74) is 6.73. The zero-order chi connectivity index (χ0) is 24.4. The fraction of sp³-hybridized carbons (Fsp3) is 0.321. The summed E-state index contributed by atoms with van der Waals surface area (Å²) in [4.78, 5) is 23.7. The molecule has 0 radical (unpaired) electrons. The van der Waals surface area contributed by atoms with E-state index in [1.807, 2.05) is 26.1 Å². The van der Waals surface area contributed by atoms with Crippen molar-refractivity contribution in [2.75, 3.05) is 6.54 Å². The second-order valence-corrected chi connectivity index (χ2v) is 8.96. The lowest BCUT2D eigenvalue weighted by molar-refractivity contribution is 0.230. The lowest BCUT2D eigenvalue weighted by atomic mass is 9.95. The standard InChI is InChI=1S/C28H31FN4O/c1-6-7-26(19(3)20(4)28-30-12-10-27(34)32(28)5)33-13-11-25-23(17-33)14-22(16-31-25)21-9-8-18(2)24(29)15-21/h6-10,12,14-16,26H,11,13,17H2,1-5H3/b7-6-,20-19-. The first-order chi connectivity index (χ1) is 16.3. The molecule has 1 aliphatic heterocycles. The molecule has 2 aromatic heterocycles. The summed E-state index contributed by atoms with van der Waals surface area (Å²) in [6.07, 6.45) is 8.52. The summed E-state index contributed by atoms with van der Waals surface area (Å²) in [7, 11) is 1.75. The number of hydrogen-bond donors (Lipinski definition) is 0. The SMILES string of the molecule is C/C=C\C(/C(C)=C(/C)c1nccc(=O)n1C)N1CCc2ncc(-c3ccc(C)c(F)c3)cc2C1. The second-order valence-electron chi connectivity index (χ2n) is 8.96. The van der Waals surface area contributed by atoms with Gasteiger partial charge in [0.1, 0.15) is 11.6 Å². The maximum atomic E-state index is 14.1. The molecule has 176 valence electrons. The van der Waals surface area contributed by atoms with Crippen LogP contribution in [-0.2, 0) is 20.0 Å². The van der Waals surface area contributed by atoms with Gasteiger partial charge >= 0.3 is 0 Å². The summed E-state index contributed by atoms with van der Waals surface area (Å²) >= 11 is 0. The third kappa shape index (κ3) is 4.64. The normalized spacial score (nSPS) is 15.8. The van der Waals surface area contributed by atoms with Gasteiger partial charge in [-0.05, 0) is 67.7 Å². The van der Waals surface area contributed by atoms with Crippen molar-refractivity contribution in [2.45, 2.75) is 46.7 Å². The molecule has 1 aromatic carbocycles. The fourth-order valence-corrected chi connectivity index (χ4v) is 4.56. The largest absolute Gasteiger partial charge is 0.296 e. The van der Waals surface area contributed by atoms with E-state index in [1.165, 1.54) is 6.07 Å². The van der Waals surface area contributed by atoms with Gasteiger partial charge in [-0.25, -0.2) is 9.37 Å². The number of halogens is 1. The Labute approximate surface area is 200 Å². The number of benzene rings is 1. The number of allylic oxidation sites excluding steroid dienone is 2. The van der Waals surface area contributed by atoms with Crippen LogP contribution >= 0.6 is 0 Å². The first kappa shape index (κ1) is 23.8. The molecule has 1 unspecified atom stereocenters. The van der Waals surface area contributed by atoms with Crippen LogP contribution in [0.4, 0.5) is 4.39 Å². The van der Waals surface area contributed by atoms with E-state index in [2.05, 4.69) is 35.0 Å². The van der Waals surface area contributed by atoms with Crippen molar-refractivity contribution in [1.29, 1.82) is 0 Å². The van der Waals surface area contributed by atoms with Gasteiger partial charge in [-0.2, -0.15) is 0 Å². The number of fused-ring (bicyclic) bond motifs is 1. The molecule has 0 spiro atoms. The van der Waals surface area contributed by atoms with Gasteiger partial charge in [-0.1, -0.05) is 24.3 Å². The third-order valence-corrected chi connectivity index (χ3v) is 6.78. The van der Waals surface area contributed by atoms with Crippen LogP contribution in [0.2, 0.25) is 0 Å². The molecule has 0 saturated carbocycles. The average Bonchev–Trinajstić information content (AvgIpc) is 2.84. The van der Waals surface area contributed by atoms with Gasteiger partial charge in [0, 0.05) is 62.3 Å². The van der Waals surface area contributed by atoms with E-state index in [4.69, 9.17) is 4.98 Å². The van der Waals surface area contributed by atoms with Crippen LogP contribution in [0.25, 0.3) is 16.7 Å². The Balaban J connectivity index is 1.67. The minimum atomic E-state index is -0.204. The maximum Gasteiger partial charge on any atom is 0.253 e. The molecule has 34 heavy (non-hydrogen) atoms. The Morgan fingerprint density at radius 3 is 2.68 bits per heavy atom. The van der Waals surface area contributed by atoms with Gasteiger partial charge in [0.15, 0.2) is 0 Å². The third-order valence-electron chi connectivity index (χ3n) is 6.78. The predicted molar refractivity (Wildman–Crippen MR) is 135 cm³/mol. The Bertz CT molecular complexity index is 1340. The summed E-state index contributed by atoms with van der Waals surface area (Å²) in [5, 5.41) is 0. The molecule has 3 heterocycles. The van der Waals surface area contributed by atoms with Crippen LogP contribution in [0.15, 0.2) is 65.2 Å². The van der Waals surface area contributed by atoms with Gasteiger partial charge in [-0.3, -0.25) is 19.2 Å². The Morgan fingerprint density at radius 2 is 1.94 bits per heavy atom. The van der Waals surface area contributed by atoms with Gasteiger partial charge in [0.05, 0.1) is 0 Å². The molecule has 0 saturated heterocycles. The first-order valence-electron chi connectivity index (χ1n) is 11.6. The van der Waals surface area contributed by atoms with Crippen molar-refractivity contribution < 1.29 is 4.39 Å². The zero-order valence-corrected chi connectivity index (χ0v) is 20.5. The van der Waals surface area contributed by atoms with Crippen LogP contribution in [0.3, 0.4) is 0 Å². The summed E-state index contributed by atoms with van der Waals surface area (Å²) in [6, 6.07) is 9.01. The van der Waals surface area contributed by atoms with E-state index in [1.54, 1.807) is 36.9 Å². The highest BCUT2D eigenvalue weighted by Gasteiger charge is 2.25. The molecular weight excluding hydrogens is 427 g/mol.